The molecule has 0 bridgehead atoms. The van der Waals surface area contributed by atoms with Gasteiger partial charge in [-0.2, -0.15) is 0 Å². The van der Waals surface area contributed by atoms with Gasteiger partial charge in [-0.15, -0.1) is 0 Å². The van der Waals surface area contributed by atoms with Gasteiger partial charge in [-0.1, -0.05) is 45.9 Å². The first-order valence-corrected chi connectivity index (χ1v) is 21.2. The molecule has 15 nitrogen and oxygen atoms in total. The van der Waals surface area contributed by atoms with Crippen LogP contribution in [0.5, 0.6) is 0 Å². The van der Waals surface area contributed by atoms with E-state index in [2.05, 4.69) is 13.8 Å². The maximum Gasteiger partial charge on any atom is 0.309 e. The lowest BCUT2D eigenvalue weighted by molar-refractivity contribution is -0.347. The first-order valence-electron chi connectivity index (χ1n) is 21.2. The molecule has 0 amide bonds. The van der Waals surface area contributed by atoms with E-state index < -0.39 is 90.7 Å². The number of allylic oxidation sites excluding steroid dienone is 3. The Morgan fingerprint density at radius 2 is 1.75 bits per heavy atom. The van der Waals surface area contributed by atoms with E-state index in [0.29, 0.717) is 25.4 Å². The van der Waals surface area contributed by atoms with E-state index in [0.717, 1.165) is 12.7 Å². The molecule has 0 aromatic carbocycles. The van der Waals surface area contributed by atoms with Gasteiger partial charge in [0, 0.05) is 52.4 Å². The first-order chi connectivity index (χ1) is 27.9. The van der Waals surface area contributed by atoms with Crippen LogP contribution in [-0.2, 0) is 61.8 Å². The third kappa shape index (κ3) is 14.5. The van der Waals surface area contributed by atoms with Crippen LogP contribution in [0.4, 0.5) is 0 Å². The molecule has 0 aromatic rings. The summed E-state index contributed by atoms with van der Waals surface area (Å²) in [5, 5.41) is 12.2. The maximum atomic E-state index is 13.4. The number of aliphatic hydroxyl groups excluding tert-OH is 1. The predicted molar refractivity (Wildman–Crippen MR) is 218 cm³/mol. The van der Waals surface area contributed by atoms with Crippen molar-refractivity contribution in [1.82, 2.24) is 4.90 Å². The molecule has 3 heterocycles. The minimum atomic E-state index is -1.33. The number of ether oxygens (including phenoxy) is 9. The van der Waals surface area contributed by atoms with Gasteiger partial charge in [-0.25, -0.2) is 0 Å². The molecule has 59 heavy (non-hydrogen) atoms. The van der Waals surface area contributed by atoms with Crippen LogP contribution in [0.3, 0.4) is 0 Å². The summed E-state index contributed by atoms with van der Waals surface area (Å²) in [7, 11) is 6.65. The van der Waals surface area contributed by atoms with E-state index in [1.165, 1.54) is 13.2 Å². The molecule has 0 saturated carbocycles. The van der Waals surface area contributed by atoms with Crippen molar-refractivity contribution < 1.29 is 66.9 Å². The van der Waals surface area contributed by atoms with Gasteiger partial charge in [0.25, 0.3) is 0 Å². The number of methoxy groups -OCH3 is 2. The number of aliphatic hydroxyl groups is 1. The average Bonchev–Trinajstić information content (AvgIpc) is 3.16. The number of ketones is 1. The third-order valence-electron chi connectivity index (χ3n) is 11.6. The van der Waals surface area contributed by atoms with Crippen LogP contribution in [-0.4, -0.2) is 148 Å². The number of esters is 2. The van der Waals surface area contributed by atoms with Crippen LogP contribution in [0.15, 0.2) is 24.3 Å². The van der Waals surface area contributed by atoms with Crippen molar-refractivity contribution in [2.75, 3.05) is 34.9 Å². The normalized spacial score (nSPS) is 39.1. The van der Waals surface area contributed by atoms with Crippen LogP contribution in [0, 0.1) is 17.8 Å². The van der Waals surface area contributed by atoms with Gasteiger partial charge in [0.05, 0.1) is 36.4 Å². The van der Waals surface area contributed by atoms with Crippen molar-refractivity contribution in [2.45, 2.75) is 179 Å². The lowest BCUT2D eigenvalue weighted by Gasteiger charge is -2.51. The number of hydrogen-bond acceptors (Lipinski definition) is 15. The van der Waals surface area contributed by atoms with Gasteiger partial charge in [0.15, 0.2) is 18.4 Å². The van der Waals surface area contributed by atoms with Crippen LogP contribution in [0.2, 0.25) is 0 Å². The van der Waals surface area contributed by atoms with Crippen molar-refractivity contribution in [3.05, 3.63) is 24.3 Å². The fourth-order valence-corrected chi connectivity index (χ4v) is 8.20. The molecule has 338 valence electrons. The van der Waals surface area contributed by atoms with E-state index in [1.807, 2.05) is 39.8 Å². The molecule has 0 unspecified atom stereocenters. The Kier molecular flexibility index (Phi) is 20.8. The van der Waals surface area contributed by atoms with E-state index in [-0.39, 0.29) is 43.7 Å². The molecule has 0 aromatic heterocycles. The number of cyclic esters (lactones) is 1. The fourth-order valence-electron chi connectivity index (χ4n) is 8.20. The quantitative estimate of drug-likeness (QED) is 0.177. The van der Waals surface area contributed by atoms with E-state index in [4.69, 9.17) is 42.6 Å². The van der Waals surface area contributed by atoms with Crippen LogP contribution < -0.4 is 0 Å². The predicted octanol–water partition coefficient (Wildman–Crippen LogP) is 4.74. The summed E-state index contributed by atoms with van der Waals surface area (Å²) in [6, 6.07) is -0.697. The smallest absolute Gasteiger partial charge is 0.309 e. The zero-order valence-corrected chi connectivity index (χ0v) is 37.4. The number of rotatable bonds is 15. The third-order valence-corrected chi connectivity index (χ3v) is 11.6. The van der Waals surface area contributed by atoms with Crippen LogP contribution in [0.25, 0.3) is 0 Å². The Bertz CT molecular complexity index is 1390. The van der Waals surface area contributed by atoms with E-state index >= 15 is 0 Å². The summed E-state index contributed by atoms with van der Waals surface area (Å²) >= 11 is 0. The SMILES string of the molecule is CCC(=O)O[C@@H]1CC(=O)O[C@H](C)C/C=C/C=C/C(=O)[C@H](C)C[C@H](CC=O)[C@H](O[C@H]2O[C@H](C)[C@@H](O[C@@H]3C[C@@](C)(OC)[C@@H](OCCC(C)C)[C@H](C)O3)[C@H](N(C)C)[C@H]2O)[C@H]1OC. The first kappa shape index (κ1) is 50.8. The standard InChI is InChI=1S/C44H73NO14/c1-13-34(48)57-33-24-35(49)54-28(5)17-15-14-16-18-32(47)27(4)23-31(19-21-46)40(41(33)51-11)59-43-38(50)37(45(9)10)39(29(6)56-43)58-36-25-44(8,52-12)42(30(7)55-36)53-22-20-26(2)3/h14-16,18,21,26-31,33,36-43,50H,13,17,19-20,22-25H2,1-12H3/b15-14+,18-16+/t27-,28-,29-,30+,31+,33-,36-,37-,38-,39-,40+,41+,42+,43-,44-/m1/s1. The van der Waals surface area contributed by atoms with E-state index in [9.17, 15) is 24.3 Å². The molecule has 2 saturated heterocycles. The monoisotopic (exact) mass is 840 g/mol. The zero-order valence-electron chi connectivity index (χ0n) is 37.4. The van der Waals surface area contributed by atoms with Gasteiger partial charge >= 0.3 is 11.9 Å². The average molecular weight is 840 g/mol. The molecule has 3 aliphatic rings. The second-order valence-electron chi connectivity index (χ2n) is 17.1. The van der Waals surface area contributed by atoms with Gasteiger partial charge in [-0.3, -0.25) is 14.4 Å². The summed E-state index contributed by atoms with van der Waals surface area (Å²) in [5.74, 6) is -2.21. The van der Waals surface area contributed by atoms with Gasteiger partial charge < -0.3 is 57.4 Å². The Labute approximate surface area is 351 Å². The summed E-state index contributed by atoms with van der Waals surface area (Å²) in [4.78, 5) is 53.7. The molecule has 0 radical (unpaired) electrons. The second-order valence-corrected chi connectivity index (χ2v) is 17.1. The van der Waals surface area contributed by atoms with Crippen LogP contribution in [0.1, 0.15) is 100 Å². The topological polar surface area (TPSA) is 175 Å². The number of aldehydes is 1. The largest absolute Gasteiger partial charge is 0.462 e. The lowest BCUT2D eigenvalue weighted by atomic mass is 9.83. The highest BCUT2D eigenvalue weighted by Crippen LogP contribution is 2.38. The molecule has 1 N–H and O–H groups in total. The van der Waals surface area contributed by atoms with Crippen molar-refractivity contribution in [1.29, 1.82) is 0 Å². The van der Waals surface area contributed by atoms with Gasteiger partial charge in [-0.05, 0) is 72.5 Å². The van der Waals surface area contributed by atoms with Crippen molar-refractivity contribution >= 4 is 24.0 Å². The number of carbonyl (C=O) groups is 4. The Morgan fingerprint density at radius 1 is 1.03 bits per heavy atom. The Morgan fingerprint density at radius 3 is 2.36 bits per heavy atom. The molecule has 0 aliphatic carbocycles. The van der Waals surface area contributed by atoms with Crippen molar-refractivity contribution in [3.63, 3.8) is 0 Å². The fraction of sp³-hybridized carbons (Fsp3) is 0.818. The summed E-state index contributed by atoms with van der Waals surface area (Å²) in [6.45, 7) is 15.7. The highest BCUT2D eigenvalue weighted by Gasteiger charge is 2.53. The van der Waals surface area contributed by atoms with Gasteiger partial charge in [0.2, 0.25) is 0 Å². The minimum absolute atomic E-state index is 0.0110. The summed E-state index contributed by atoms with van der Waals surface area (Å²) < 4.78 is 56.1. The van der Waals surface area contributed by atoms with Crippen LogP contribution >= 0.6 is 0 Å². The molecule has 15 heteroatoms. The number of hydrogen-bond donors (Lipinski definition) is 1. The maximum absolute atomic E-state index is 13.4. The lowest BCUT2D eigenvalue weighted by Crippen LogP contribution is -2.66. The molecular weight excluding hydrogens is 766 g/mol. The minimum Gasteiger partial charge on any atom is -0.462 e. The molecule has 2 fully saturated rings. The number of nitrogens with zero attached hydrogens (tertiary/aromatic N) is 1. The van der Waals surface area contributed by atoms with Gasteiger partial charge in [0.1, 0.15) is 42.9 Å². The molecule has 0 spiro atoms. The summed E-state index contributed by atoms with van der Waals surface area (Å²) in [6.07, 6.45) is -0.887. The number of likely N-dealkylation sites (N-methyl/N-ethyl adjacent to an activating group) is 1. The Hall–Kier alpha value is -2.60. The molecular formula is C44H73NO14. The molecule has 3 rings (SSSR count). The van der Waals surface area contributed by atoms with Crippen molar-refractivity contribution in [2.24, 2.45) is 17.8 Å². The molecule has 15 atom stereocenters. The summed E-state index contributed by atoms with van der Waals surface area (Å²) in [5.41, 5.74) is -0.726. The second kappa shape index (κ2) is 24.1. The Balaban J connectivity index is 2.00. The highest BCUT2D eigenvalue weighted by atomic mass is 16.7. The van der Waals surface area contributed by atoms with Crippen molar-refractivity contribution in [3.8, 4) is 0 Å². The van der Waals surface area contributed by atoms with E-state index in [1.54, 1.807) is 46.1 Å². The zero-order chi connectivity index (χ0) is 44.0. The number of carbonyl (C=O) groups excluding carboxylic acids is 4. The highest BCUT2D eigenvalue weighted by molar-refractivity contribution is 5.91. The molecule has 3 aliphatic heterocycles.